The highest BCUT2D eigenvalue weighted by molar-refractivity contribution is 7.91. The van der Waals surface area contributed by atoms with Gasteiger partial charge < -0.3 is 4.55 Å². The SMILES string of the molecule is [CH2]CCCCCCCCCCCCCCCCC[S+]([O-])c1ccccc1. The van der Waals surface area contributed by atoms with Gasteiger partial charge >= 0.3 is 0 Å². The van der Waals surface area contributed by atoms with Crippen LogP contribution in [0.1, 0.15) is 103 Å². The molecule has 1 rings (SSSR count). The summed E-state index contributed by atoms with van der Waals surface area (Å²) < 4.78 is 12.1. The van der Waals surface area contributed by atoms with Gasteiger partial charge in [-0.3, -0.25) is 0 Å². The molecule has 1 unspecified atom stereocenters. The number of rotatable bonds is 18. The molecule has 0 heterocycles. The summed E-state index contributed by atoms with van der Waals surface area (Å²) in [4.78, 5) is 0.978. The predicted octanol–water partition coefficient (Wildman–Crippen LogP) is 7.87. The topological polar surface area (TPSA) is 23.1 Å². The van der Waals surface area contributed by atoms with Crippen LogP contribution < -0.4 is 0 Å². The van der Waals surface area contributed by atoms with Gasteiger partial charge in [0.2, 0.25) is 0 Å². The van der Waals surface area contributed by atoms with Gasteiger partial charge in [-0.1, -0.05) is 115 Å². The second-order valence-electron chi connectivity index (χ2n) is 7.52. The van der Waals surface area contributed by atoms with Crippen molar-refractivity contribution in [1.82, 2.24) is 0 Å². The molecular formula is C24H41OS. The number of hydrogen-bond acceptors (Lipinski definition) is 1. The molecule has 1 nitrogen and oxygen atoms in total. The second-order valence-corrected chi connectivity index (χ2v) is 9.09. The molecule has 0 aliphatic heterocycles. The molecule has 0 bridgehead atoms. The average molecular weight is 378 g/mol. The van der Waals surface area contributed by atoms with Crippen LogP contribution in [-0.4, -0.2) is 10.3 Å². The van der Waals surface area contributed by atoms with Crippen molar-refractivity contribution in [3.05, 3.63) is 37.3 Å². The van der Waals surface area contributed by atoms with Crippen molar-refractivity contribution >= 4 is 11.2 Å². The molecule has 1 aromatic rings. The van der Waals surface area contributed by atoms with Crippen LogP contribution in [0.15, 0.2) is 35.2 Å². The van der Waals surface area contributed by atoms with Gasteiger partial charge in [-0.15, -0.1) is 0 Å². The molecule has 0 fully saturated rings. The Morgan fingerprint density at radius 3 is 1.38 bits per heavy atom. The Morgan fingerprint density at radius 2 is 0.962 bits per heavy atom. The number of hydrogen-bond donors (Lipinski definition) is 0. The standard InChI is InChI=1S/C24H41OS/c1-2-3-4-5-6-7-8-9-10-11-12-13-14-15-16-20-23-26(25)24-21-18-17-19-22-24/h17-19,21-22H,1-16,20,23H2. The molecule has 0 amide bonds. The third-order valence-corrected chi connectivity index (χ3v) is 6.54. The molecule has 149 valence electrons. The minimum absolute atomic E-state index is 0.804. The zero-order valence-electron chi connectivity index (χ0n) is 16.9. The lowest BCUT2D eigenvalue weighted by atomic mass is 10.0. The smallest absolute Gasteiger partial charge is 0.152 e. The highest BCUT2D eigenvalue weighted by Gasteiger charge is 2.08. The van der Waals surface area contributed by atoms with Crippen LogP contribution in [0.5, 0.6) is 0 Å². The summed E-state index contributed by atoms with van der Waals surface area (Å²) in [6.07, 6.45) is 21.5. The molecule has 0 saturated carbocycles. The van der Waals surface area contributed by atoms with Crippen molar-refractivity contribution in [3.63, 3.8) is 0 Å². The molecule has 0 aliphatic rings. The molecule has 26 heavy (non-hydrogen) atoms. The monoisotopic (exact) mass is 377 g/mol. The van der Waals surface area contributed by atoms with Gasteiger partial charge in [0.25, 0.3) is 0 Å². The first kappa shape index (κ1) is 23.6. The largest absolute Gasteiger partial charge is 0.611 e. The molecular weight excluding hydrogens is 336 g/mol. The van der Waals surface area contributed by atoms with Crippen LogP contribution in [0.2, 0.25) is 0 Å². The molecule has 1 radical (unpaired) electrons. The Hall–Kier alpha value is -0.470. The van der Waals surface area contributed by atoms with Crippen molar-refractivity contribution in [2.75, 3.05) is 5.75 Å². The van der Waals surface area contributed by atoms with Gasteiger partial charge in [-0.25, -0.2) is 0 Å². The van der Waals surface area contributed by atoms with E-state index in [1.165, 1.54) is 89.9 Å². The first-order valence-electron chi connectivity index (χ1n) is 11.1. The second kappa shape index (κ2) is 17.9. The van der Waals surface area contributed by atoms with Crippen molar-refractivity contribution in [3.8, 4) is 0 Å². The average Bonchev–Trinajstić information content (AvgIpc) is 2.68. The van der Waals surface area contributed by atoms with Gasteiger partial charge in [0.05, 0.1) is 0 Å². The van der Waals surface area contributed by atoms with E-state index in [-0.39, 0.29) is 0 Å². The highest BCUT2D eigenvalue weighted by Crippen LogP contribution is 2.15. The summed E-state index contributed by atoms with van der Waals surface area (Å²) in [7, 11) is 0. The quantitative estimate of drug-likeness (QED) is 0.188. The molecule has 0 aliphatic carbocycles. The molecule has 0 aromatic heterocycles. The van der Waals surface area contributed by atoms with Crippen LogP contribution in [-0.2, 0) is 11.2 Å². The van der Waals surface area contributed by atoms with Crippen molar-refractivity contribution in [2.45, 2.75) is 108 Å². The van der Waals surface area contributed by atoms with Crippen molar-refractivity contribution < 1.29 is 4.55 Å². The lowest BCUT2D eigenvalue weighted by molar-refractivity contribution is 0.532. The van der Waals surface area contributed by atoms with E-state index in [1.54, 1.807) is 0 Å². The Balaban J connectivity index is 1.76. The van der Waals surface area contributed by atoms with Gasteiger partial charge in [-0.05, 0) is 36.2 Å². The minimum atomic E-state index is -0.804. The van der Waals surface area contributed by atoms with E-state index in [0.717, 1.165) is 23.5 Å². The van der Waals surface area contributed by atoms with Gasteiger partial charge in [0.1, 0.15) is 5.75 Å². The van der Waals surface area contributed by atoms with E-state index in [1.807, 2.05) is 30.3 Å². The molecule has 2 heteroatoms. The summed E-state index contributed by atoms with van der Waals surface area (Å²) in [5.41, 5.74) is 0. The maximum Gasteiger partial charge on any atom is 0.152 e. The van der Waals surface area contributed by atoms with Crippen molar-refractivity contribution in [2.24, 2.45) is 0 Å². The predicted molar refractivity (Wildman–Crippen MR) is 117 cm³/mol. The van der Waals surface area contributed by atoms with E-state index in [2.05, 4.69) is 6.92 Å². The van der Waals surface area contributed by atoms with E-state index in [9.17, 15) is 4.55 Å². The lowest BCUT2D eigenvalue weighted by Crippen LogP contribution is -2.06. The maximum atomic E-state index is 12.1. The zero-order valence-corrected chi connectivity index (χ0v) is 17.7. The minimum Gasteiger partial charge on any atom is -0.611 e. The highest BCUT2D eigenvalue weighted by atomic mass is 32.2. The van der Waals surface area contributed by atoms with Gasteiger partial charge in [0, 0.05) is 0 Å². The summed E-state index contributed by atoms with van der Waals surface area (Å²) in [5, 5.41) is 0. The maximum absolute atomic E-state index is 12.1. The van der Waals surface area contributed by atoms with Gasteiger partial charge in [-0.2, -0.15) is 0 Å². The van der Waals surface area contributed by atoms with Gasteiger partial charge in [0.15, 0.2) is 4.90 Å². The Labute approximate surface area is 166 Å². The Morgan fingerprint density at radius 1 is 0.577 bits per heavy atom. The first-order chi connectivity index (χ1) is 12.8. The number of unbranched alkanes of at least 4 members (excludes halogenated alkanes) is 15. The molecule has 0 saturated heterocycles. The van der Waals surface area contributed by atoms with E-state index in [0.29, 0.717) is 0 Å². The summed E-state index contributed by atoms with van der Waals surface area (Å²) in [6.45, 7) is 3.90. The van der Waals surface area contributed by atoms with Crippen LogP contribution in [0, 0.1) is 6.92 Å². The third-order valence-electron chi connectivity index (χ3n) is 5.09. The molecule has 0 spiro atoms. The van der Waals surface area contributed by atoms with E-state index in [4.69, 9.17) is 0 Å². The fraction of sp³-hybridized carbons (Fsp3) is 0.708. The Bertz CT molecular complexity index is 392. The summed E-state index contributed by atoms with van der Waals surface area (Å²) >= 11 is -0.804. The zero-order chi connectivity index (χ0) is 18.7. The Kier molecular flexibility index (Phi) is 16.2. The number of benzene rings is 1. The molecule has 1 aromatic carbocycles. The van der Waals surface area contributed by atoms with Crippen molar-refractivity contribution in [1.29, 1.82) is 0 Å². The van der Waals surface area contributed by atoms with E-state index >= 15 is 0 Å². The van der Waals surface area contributed by atoms with Crippen LogP contribution in [0.3, 0.4) is 0 Å². The van der Waals surface area contributed by atoms with Crippen LogP contribution in [0.4, 0.5) is 0 Å². The van der Waals surface area contributed by atoms with E-state index < -0.39 is 11.2 Å². The summed E-state index contributed by atoms with van der Waals surface area (Å²) in [6, 6.07) is 9.87. The fourth-order valence-corrected chi connectivity index (χ4v) is 4.56. The van der Waals surface area contributed by atoms with Crippen LogP contribution >= 0.6 is 0 Å². The fourth-order valence-electron chi connectivity index (χ4n) is 3.40. The third kappa shape index (κ3) is 13.7. The molecule has 1 atom stereocenters. The first-order valence-corrected chi connectivity index (χ1v) is 12.4. The normalized spacial score (nSPS) is 12.4. The molecule has 0 N–H and O–H groups in total. The van der Waals surface area contributed by atoms with Crippen LogP contribution in [0.25, 0.3) is 0 Å². The summed E-state index contributed by atoms with van der Waals surface area (Å²) in [5.74, 6) is 0.819. The lowest BCUT2D eigenvalue weighted by Gasteiger charge is -2.09.